The Labute approximate surface area is 136 Å². The number of morpholine rings is 1. The van der Waals surface area contributed by atoms with E-state index in [4.69, 9.17) is 9.47 Å². The molecule has 0 aliphatic carbocycles. The molecular weight excluding hydrogens is 304 g/mol. The first-order chi connectivity index (χ1) is 10.2. The minimum Gasteiger partial charge on any atom is -0.444 e. The molecule has 0 aromatic carbocycles. The molecule has 0 aromatic rings. The van der Waals surface area contributed by atoms with E-state index < -0.39 is 16.4 Å². The molecule has 1 amide bonds. The number of amides is 1. The van der Waals surface area contributed by atoms with Crippen LogP contribution in [0.5, 0.6) is 0 Å². The Hall–Kier alpha value is -0.660. The van der Waals surface area contributed by atoms with Crippen molar-refractivity contribution in [2.45, 2.75) is 51.8 Å². The molecule has 1 saturated heterocycles. The van der Waals surface area contributed by atoms with Crippen molar-refractivity contribution in [3.63, 3.8) is 0 Å². The minimum absolute atomic E-state index is 0.0122. The zero-order valence-electron chi connectivity index (χ0n) is 14.4. The Balaban J connectivity index is 2.50. The second kappa shape index (κ2) is 8.84. The van der Waals surface area contributed by atoms with Crippen molar-refractivity contribution in [2.75, 3.05) is 38.3 Å². The molecule has 1 heterocycles. The first-order valence-corrected chi connectivity index (χ1v) is 9.52. The molecule has 7 heteroatoms. The normalized spacial score (nSPS) is 22.2. The number of carbonyl (C=O) groups excluding carboxylic acids is 1. The molecule has 0 aromatic heterocycles. The first kappa shape index (κ1) is 19.4. The van der Waals surface area contributed by atoms with Gasteiger partial charge in [-0.3, -0.25) is 4.21 Å². The van der Waals surface area contributed by atoms with E-state index >= 15 is 0 Å². The third-order valence-corrected chi connectivity index (χ3v) is 4.14. The molecule has 22 heavy (non-hydrogen) atoms. The quantitative estimate of drug-likeness (QED) is 0.794. The summed E-state index contributed by atoms with van der Waals surface area (Å²) in [6.45, 7) is 10.0. The van der Waals surface area contributed by atoms with Crippen molar-refractivity contribution < 1.29 is 18.5 Å². The van der Waals surface area contributed by atoms with Crippen LogP contribution in [0.2, 0.25) is 0 Å². The summed E-state index contributed by atoms with van der Waals surface area (Å²) in [7, 11) is -0.786. The number of ether oxygens (including phenoxy) is 2. The number of hydrogen-bond acceptors (Lipinski definition) is 5. The second-order valence-electron chi connectivity index (χ2n) is 6.77. The summed E-state index contributed by atoms with van der Waals surface area (Å²) in [5, 5.41) is 3.34. The van der Waals surface area contributed by atoms with Crippen LogP contribution in [0.4, 0.5) is 4.79 Å². The molecule has 0 radical (unpaired) electrons. The summed E-state index contributed by atoms with van der Waals surface area (Å²) >= 11 is 0. The van der Waals surface area contributed by atoms with Gasteiger partial charge in [-0.15, -0.1) is 0 Å². The van der Waals surface area contributed by atoms with Crippen molar-refractivity contribution in [1.29, 1.82) is 0 Å². The molecule has 3 unspecified atom stereocenters. The number of nitrogens with one attached hydrogen (secondary N) is 1. The fourth-order valence-corrected chi connectivity index (χ4v) is 2.76. The van der Waals surface area contributed by atoms with Gasteiger partial charge in [-0.25, -0.2) is 4.79 Å². The van der Waals surface area contributed by atoms with Gasteiger partial charge in [0, 0.05) is 41.9 Å². The smallest absolute Gasteiger partial charge is 0.410 e. The maximum Gasteiger partial charge on any atom is 0.410 e. The van der Waals surface area contributed by atoms with E-state index in [2.05, 4.69) is 12.2 Å². The highest BCUT2D eigenvalue weighted by Crippen LogP contribution is 2.17. The fraction of sp³-hybridized carbons (Fsp3) is 0.933. The zero-order valence-corrected chi connectivity index (χ0v) is 15.2. The Morgan fingerprint density at radius 2 is 2.18 bits per heavy atom. The number of rotatable bonds is 6. The van der Waals surface area contributed by atoms with Crippen LogP contribution in [0, 0.1) is 0 Å². The van der Waals surface area contributed by atoms with Crippen molar-refractivity contribution in [1.82, 2.24) is 10.2 Å². The predicted octanol–water partition coefficient (Wildman–Crippen LogP) is 1.37. The van der Waals surface area contributed by atoms with Gasteiger partial charge < -0.3 is 19.7 Å². The Kier molecular flexibility index (Phi) is 7.79. The molecule has 6 nitrogen and oxygen atoms in total. The molecule has 0 spiro atoms. The Morgan fingerprint density at radius 1 is 1.50 bits per heavy atom. The lowest BCUT2D eigenvalue weighted by Gasteiger charge is -2.37. The van der Waals surface area contributed by atoms with E-state index in [-0.39, 0.29) is 18.2 Å². The Bertz CT molecular complexity index is 384. The monoisotopic (exact) mass is 334 g/mol. The number of nitrogens with zero attached hydrogens (tertiary/aromatic N) is 1. The van der Waals surface area contributed by atoms with E-state index in [1.807, 2.05) is 20.8 Å². The lowest BCUT2D eigenvalue weighted by Crippen LogP contribution is -2.52. The van der Waals surface area contributed by atoms with Gasteiger partial charge in [-0.1, -0.05) is 0 Å². The van der Waals surface area contributed by atoms with Crippen LogP contribution in [-0.4, -0.2) is 71.2 Å². The molecule has 0 saturated carbocycles. The standard InChI is InChI=1S/C15H30N2O4S/c1-12(16-6-9-22(5)19)10-13-11-20-8-7-17(13)14(18)21-15(2,3)4/h12-13,16H,6-11H2,1-5H3. The third kappa shape index (κ3) is 7.56. The number of carbonyl (C=O) groups is 1. The van der Waals surface area contributed by atoms with Crippen LogP contribution < -0.4 is 5.32 Å². The highest BCUT2D eigenvalue weighted by atomic mass is 32.2. The van der Waals surface area contributed by atoms with Gasteiger partial charge in [0.15, 0.2) is 0 Å². The number of hydrogen-bond donors (Lipinski definition) is 1. The van der Waals surface area contributed by atoms with Gasteiger partial charge in [0.05, 0.1) is 19.3 Å². The largest absolute Gasteiger partial charge is 0.444 e. The van der Waals surface area contributed by atoms with Crippen molar-refractivity contribution in [2.24, 2.45) is 0 Å². The second-order valence-corrected chi connectivity index (χ2v) is 8.33. The summed E-state index contributed by atoms with van der Waals surface area (Å²) < 4.78 is 22.1. The van der Waals surface area contributed by atoms with Gasteiger partial charge in [0.2, 0.25) is 0 Å². The lowest BCUT2D eigenvalue weighted by molar-refractivity contribution is -0.0355. The SMILES string of the molecule is CC(CC1COCCN1C(=O)OC(C)(C)C)NCCS(C)=O. The van der Waals surface area contributed by atoms with Gasteiger partial charge >= 0.3 is 6.09 Å². The summed E-state index contributed by atoms with van der Waals surface area (Å²) in [5.41, 5.74) is -0.491. The van der Waals surface area contributed by atoms with Gasteiger partial charge in [0.25, 0.3) is 0 Å². The van der Waals surface area contributed by atoms with Gasteiger partial charge in [0.1, 0.15) is 5.60 Å². The third-order valence-electron chi connectivity index (χ3n) is 3.36. The summed E-state index contributed by atoms with van der Waals surface area (Å²) in [4.78, 5) is 14.1. The highest BCUT2D eigenvalue weighted by Gasteiger charge is 2.31. The molecule has 1 N–H and O–H groups in total. The summed E-state index contributed by atoms with van der Waals surface area (Å²) in [6.07, 6.45) is 2.21. The topological polar surface area (TPSA) is 67.9 Å². The molecule has 130 valence electrons. The maximum absolute atomic E-state index is 12.3. The first-order valence-electron chi connectivity index (χ1n) is 7.80. The van der Waals surface area contributed by atoms with E-state index in [0.717, 1.165) is 6.42 Å². The molecule has 1 fully saturated rings. The van der Waals surface area contributed by atoms with Crippen molar-refractivity contribution in [3.8, 4) is 0 Å². The van der Waals surface area contributed by atoms with Crippen LogP contribution in [-0.2, 0) is 20.3 Å². The average Bonchev–Trinajstić information content (AvgIpc) is 2.36. The predicted molar refractivity (Wildman–Crippen MR) is 88.6 cm³/mol. The fourth-order valence-electron chi connectivity index (χ4n) is 2.35. The Morgan fingerprint density at radius 3 is 2.77 bits per heavy atom. The molecule has 1 rings (SSSR count). The molecule has 1 aliphatic rings. The summed E-state index contributed by atoms with van der Waals surface area (Å²) in [6, 6.07) is 0.235. The average molecular weight is 334 g/mol. The van der Waals surface area contributed by atoms with Gasteiger partial charge in [-0.2, -0.15) is 0 Å². The molecular formula is C15H30N2O4S. The maximum atomic E-state index is 12.3. The zero-order chi connectivity index (χ0) is 16.8. The van der Waals surface area contributed by atoms with Crippen molar-refractivity contribution >= 4 is 16.9 Å². The van der Waals surface area contributed by atoms with E-state index in [0.29, 0.717) is 32.1 Å². The van der Waals surface area contributed by atoms with Crippen molar-refractivity contribution in [3.05, 3.63) is 0 Å². The van der Waals surface area contributed by atoms with E-state index in [1.165, 1.54) is 0 Å². The highest BCUT2D eigenvalue weighted by molar-refractivity contribution is 7.84. The van der Waals surface area contributed by atoms with Crippen LogP contribution in [0.25, 0.3) is 0 Å². The molecule has 3 atom stereocenters. The summed E-state index contributed by atoms with van der Waals surface area (Å²) in [5.74, 6) is 0.640. The van der Waals surface area contributed by atoms with Gasteiger partial charge in [-0.05, 0) is 34.1 Å². The van der Waals surface area contributed by atoms with E-state index in [9.17, 15) is 9.00 Å². The lowest BCUT2D eigenvalue weighted by atomic mass is 10.1. The van der Waals surface area contributed by atoms with Crippen LogP contribution in [0.3, 0.4) is 0 Å². The van der Waals surface area contributed by atoms with E-state index in [1.54, 1.807) is 11.2 Å². The molecule has 1 aliphatic heterocycles. The van der Waals surface area contributed by atoms with Crippen LogP contribution >= 0.6 is 0 Å². The molecule has 0 bridgehead atoms. The van der Waals surface area contributed by atoms with Crippen LogP contribution in [0.1, 0.15) is 34.1 Å². The minimum atomic E-state index is -0.786. The van der Waals surface area contributed by atoms with Crippen LogP contribution in [0.15, 0.2) is 0 Å².